The van der Waals surface area contributed by atoms with Gasteiger partial charge in [-0.3, -0.25) is 4.79 Å². The molecule has 1 amide bonds. The van der Waals surface area contributed by atoms with Crippen LogP contribution in [-0.2, 0) is 10.2 Å². The van der Waals surface area contributed by atoms with E-state index in [-0.39, 0.29) is 5.91 Å². The summed E-state index contributed by atoms with van der Waals surface area (Å²) in [6.45, 7) is 6.36. The van der Waals surface area contributed by atoms with Gasteiger partial charge >= 0.3 is 0 Å². The summed E-state index contributed by atoms with van der Waals surface area (Å²) in [5.41, 5.74) is -0.329. The summed E-state index contributed by atoms with van der Waals surface area (Å²) in [7, 11) is 0. The Morgan fingerprint density at radius 2 is 2.05 bits per heavy atom. The van der Waals surface area contributed by atoms with Gasteiger partial charge in [0.05, 0.1) is 11.0 Å². The Kier molecular flexibility index (Phi) is 4.72. The maximum atomic E-state index is 12.5. The maximum absolute atomic E-state index is 12.5. The van der Waals surface area contributed by atoms with Crippen molar-refractivity contribution in [2.45, 2.75) is 57.5 Å². The van der Waals surface area contributed by atoms with Gasteiger partial charge in [-0.15, -0.1) is 0 Å². The summed E-state index contributed by atoms with van der Waals surface area (Å²) in [5, 5.41) is 13.6. The van der Waals surface area contributed by atoms with E-state index in [1.54, 1.807) is 0 Å². The van der Waals surface area contributed by atoms with Gasteiger partial charge in [0, 0.05) is 6.54 Å². The summed E-state index contributed by atoms with van der Waals surface area (Å²) < 4.78 is 0. The molecule has 2 rings (SSSR count). The highest BCUT2D eigenvalue weighted by Gasteiger charge is 2.35. The fourth-order valence-electron chi connectivity index (χ4n) is 3.24. The molecule has 1 aliphatic carbocycles. The molecule has 1 saturated carbocycles. The minimum atomic E-state index is -0.736. The molecule has 2 atom stereocenters. The van der Waals surface area contributed by atoms with Gasteiger partial charge in [-0.1, -0.05) is 50.1 Å². The van der Waals surface area contributed by atoms with Crippen molar-refractivity contribution in [3.05, 3.63) is 35.9 Å². The van der Waals surface area contributed by atoms with Gasteiger partial charge in [-0.2, -0.15) is 0 Å². The zero-order chi connectivity index (χ0) is 15.5. The Hall–Kier alpha value is -1.35. The van der Waals surface area contributed by atoms with Gasteiger partial charge in [0.25, 0.3) is 0 Å². The van der Waals surface area contributed by atoms with E-state index in [1.807, 2.05) is 44.2 Å². The summed E-state index contributed by atoms with van der Waals surface area (Å²) in [5.74, 6) is 0.503. The summed E-state index contributed by atoms with van der Waals surface area (Å²) in [6, 6.07) is 9.78. The number of nitrogens with one attached hydrogen (secondary N) is 1. The summed E-state index contributed by atoms with van der Waals surface area (Å²) >= 11 is 0. The number of rotatable bonds is 4. The van der Waals surface area contributed by atoms with Crippen LogP contribution < -0.4 is 5.32 Å². The molecule has 3 nitrogen and oxygen atoms in total. The van der Waals surface area contributed by atoms with Gasteiger partial charge in [-0.05, 0) is 38.2 Å². The molecule has 116 valence electrons. The first-order valence-electron chi connectivity index (χ1n) is 7.90. The van der Waals surface area contributed by atoms with Gasteiger partial charge in [-0.25, -0.2) is 0 Å². The smallest absolute Gasteiger partial charge is 0.230 e. The number of amides is 1. The summed E-state index contributed by atoms with van der Waals surface area (Å²) in [6.07, 6.45) is 3.77. The molecule has 1 aromatic rings. The van der Waals surface area contributed by atoms with E-state index < -0.39 is 11.0 Å². The van der Waals surface area contributed by atoms with E-state index in [2.05, 4.69) is 12.2 Å². The average molecular weight is 289 g/mol. The largest absolute Gasteiger partial charge is 0.388 e. The Morgan fingerprint density at radius 1 is 1.38 bits per heavy atom. The van der Waals surface area contributed by atoms with E-state index in [0.717, 1.165) is 24.8 Å². The van der Waals surface area contributed by atoms with Crippen molar-refractivity contribution in [3.63, 3.8) is 0 Å². The molecular formula is C18H27NO2. The lowest BCUT2D eigenvalue weighted by Gasteiger charge is -2.36. The quantitative estimate of drug-likeness (QED) is 0.895. The SMILES string of the molecule is CC1CCCC(O)(CNC(=O)C(C)(C)c2ccccc2)C1. The van der Waals surface area contributed by atoms with E-state index in [9.17, 15) is 9.90 Å². The topological polar surface area (TPSA) is 49.3 Å². The third kappa shape index (κ3) is 3.85. The lowest BCUT2D eigenvalue weighted by Crippen LogP contribution is -2.49. The van der Waals surface area contributed by atoms with Crippen LogP contribution in [-0.4, -0.2) is 23.2 Å². The molecule has 21 heavy (non-hydrogen) atoms. The van der Waals surface area contributed by atoms with Crippen molar-refractivity contribution in [1.82, 2.24) is 5.32 Å². The summed E-state index contributed by atoms with van der Waals surface area (Å²) in [4.78, 5) is 12.5. The van der Waals surface area contributed by atoms with Crippen LogP contribution in [0.5, 0.6) is 0 Å². The zero-order valence-corrected chi connectivity index (χ0v) is 13.4. The molecule has 1 fully saturated rings. The van der Waals surface area contributed by atoms with E-state index in [0.29, 0.717) is 12.5 Å². The second-order valence-corrected chi connectivity index (χ2v) is 7.10. The van der Waals surface area contributed by atoms with Crippen molar-refractivity contribution >= 4 is 5.91 Å². The van der Waals surface area contributed by atoms with Crippen LogP contribution in [0.25, 0.3) is 0 Å². The van der Waals surface area contributed by atoms with Crippen molar-refractivity contribution in [1.29, 1.82) is 0 Å². The number of carbonyl (C=O) groups is 1. The van der Waals surface area contributed by atoms with E-state index >= 15 is 0 Å². The highest BCUT2D eigenvalue weighted by molar-refractivity contribution is 5.87. The van der Waals surface area contributed by atoms with Crippen LogP contribution in [0, 0.1) is 5.92 Å². The third-order valence-corrected chi connectivity index (χ3v) is 4.71. The molecule has 0 radical (unpaired) electrons. The maximum Gasteiger partial charge on any atom is 0.230 e. The lowest BCUT2D eigenvalue weighted by molar-refractivity contribution is -0.127. The highest BCUT2D eigenvalue weighted by Crippen LogP contribution is 2.32. The Bertz CT molecular complexity index is 483. The second kappa shape index (κ2) is 6.18. The van der Waals surface area contributed by atoms with Gasteiger partial charge in [0.2, 0.25) is 5.91 Å². The Morgan fingerprint density at radius 3 is 2.67 bits per heavy atom. The van der Waals surface area contributed by atoms with Crippen molar-refractivity contribution in [2.75, 3.05) is 6.54 Å². The number of carbonyl (C=O) groups excluding carboxylic acids is 1. The minimum absolute atomic E-state index is 0.0275. The molecule has 0 heterocycles. The Balaban J connectivity index is 1.98. The molecule has 2 unspecified atom stereocenters. The van der Waals surface area contributed by atoms with Gasteiger partial charge < -0.3 is 10.4 Å². The van der Waals surface area contributed by atoms with E-state index in [1.165, 1.54) is 6.42 Å². The average Bonchev–Trinajstić information content (AvgIpc) is 2.45. The molecule has 2 N–H and O–H groups in total. The first-order chi connectivity index (χ1) is 9.83. The Labute approximate surface area is 127 Å². The molecule has 0 bridgehead atoms. The minimum Gasteiger partial charge on any atom is -0.388 e. The highest BCUT2D eigenvalue weighted by atomic mass is 16.3. The fraction of sp³-hybridized carbons (Fsp3) is 0.611. The van der Waals surface area contributed by atoms with Crippen molar-refractivity contribution in [2.24, 2.45) is 5.92 Å². The molecular weight excluding hydrogens is 262 g/mol. The number of hydrogen-bond acceptors (Lipinski definition) is 2. The molecule has 1 aromatic carbocycles. The van der Waals surface area contributed by atoms with Crippen LogP contribution in [0.4, 0.5) is 0 Å². The van der Waals surface area contributed by atoms with Crippen LogP contribution in [0.15, 0.2) is 30.3 Å². The molecule has 1 aliphatic rings. The zero-order valence-electron chi connectivity index (χ0n) is 13.4. The molecule has 0 saturated heterocycles. The van der Waals surface area contributed by atoms with Gasteiger partial charge in [0.1, 0.15) is 0 Å². The first kappa shape index (κ1) is 16.0. The standard InChI is InChI=1S/C18H27NO2/c1-14-8-7-11-18(21,12-14)13-19-16(20)17(2,3)15-9-5-4-6-10-15/h4-6,9-10,14,21H,7-8,11-13H2,1-3H3,(H,19,20). The monoisotopic (exact) mass is 289 g/mol. The molecule has 0 aromatic heterocycles. The number of benzene rings is 1. The predicted molar refractivity (Wildman–Crippen MR) is 85.1 cm³/mol. The van der Waals surface area contributed by atoms with E-state index in [4.69, 9.17) is 0 Å². The van der Waals surface area contributed by atoms with Crippen LogP contribution in [0.2, 0.25) is 0 Å². The van der Waals surface area contributed by atoms with Crippen molar-refractivity contribution < 1.29 is 9.90 Å². The van der Waals surface area contributed by atoms with Crippen LogP contribution in [0.3, 0.4) is 0 Å². The predicted octanol–water partition coefficient (Wildman–Crippen LogP) is 3.02. The third-order valence-electron chi connectivity index (χ3n) is 4.71. The van der Waals surface area contributed by atoms with Crippen molar-refractivity contribution in [3.8, 4) is 0 Å². The number of hydrogen-bond donors (Lipinski definition) is 2. The first-order valence-corrected chi connectivity index (χ1v) is 7.90. The molecule has 0 spiro atoms. The second-order valence-electron chi connectivity index (χ2n) is 7.10. The van der Waals surface area contributed by atoms with Crippen LogP contribution in [0.1, 0.15) is 52.0 Å². The normalized spacial score (nSPS) is 26.4. The number of aliphatic hydroxyl groups is 1. The molecule has 0 aliphatic heterocycles. The lowest BCUT2D eigenvalue weighted by atomic mass is 9.78. The van der Waals surface area contributed by atoms with Gasteiger partial charge in [0.15, 0.2) is 0 Å². The fourth-order valence-corrected chi connectivity index (χ4v) is 3.24. The van der Waals surface area contributed by atoms with Crippen LogP contribution >= 0.6 is 0 Å². The molecule has 3 heteroatoms.